The minimum absolute atomic E-state index is 0.264. The van der Waals surface area contributed by atoms with Crippen molar-refractivity contribution in [3.05, 3.63) is 24.3 Å². The van der Waals surface area contributed by atoms with Gasteiger partial charge in [-0.05, 0) is 37.6 Å². The maximum atomic E-state index is 11.2. The Kier molecular flexibility index (Phi) is 3.61. The van der Waals surface area contributed by atoms with Crippen molar-refractivity contribution in [2.24, 2.45) is 0 Å². The van der Waals surface area contributed by atoms with Gasteiger partial charge in [0.1, 0.15) is 0 Å². The molecule has 1 heterocycles. The van der Waals surface area contributed by atoms with Crippen molar-refractivity contribution in [2.45, 2.75) is 30.4 Å². The predicted molar refractivity (Wildman–Crippen MR) is 66.2 cm³/mol. The summed E-state index contributed by atoms with van der Waals surface area (Å²) in [4.78, 5) is 0.862. The number of anilines is 1. The maximum Gasteiger partial charge on any atom is 0.0748 e. The molecule has 0 radical (unpaired) electrons. The summed E-state index contributed by atoms with van der Waals surface area (Å²) in [5.74, 6) is 0. The second-order valence-corrected chi connectivity index (χ2v) is 5.47. The standard InChI is InChI=1S/C12H17NO2S/c1-9-12(7-8-15-9)13-10-3-5-11(6-4-10)16(2)14/h3-6,9,12-13H,7-8H2,1-2H3. The first-order valence-corrected chi connectivity index (χ1v) is 7.04. The molecule has 1 N–H and O–H groups in total. The van der Waals surface area contributed by atoms with Crippen molar-refractivity contribution in [3.63, 3.8) is 0 Å². The van der Waals surface area contributed by atoms with Crippen molar-refractivity contribution in [1.29, 1.82) is 0 Å². The van der Waals surface area contributed by atoms with E-state index >= 15 is 0 Å². The molecule has 3 nitrogen and oxygen atoms in total. The van der Waals surface area contributed by atoms with Crippen LogP contribution in [-0.2, 0) is 15.5 Å². The Hall–Kier alpha value is -0.870. The molecule has 1 aliphatic rings. The number of rotatable bonds is 3. The fraction of sp³-hybridized carbons (Fsp3) is 0.500. The highest BCUT2D eigenvalue weighted by Gasteiger charge is 2.23. The summed E-state index contributed by atoms with van der Waals surface area (Å²) in [5.41, 5.74) is 1.07. The van der Waals surface area contributed by atoms with E-state index in [9.17, 15) is 4.21 Å². The molecule has 1 saturated heterocycles. The zero-order valence-corrected chi connectivity index (χ0v) is 10.4. The molecule has 2 rings (SSSR count). The van der Waals surface area contributed by atoms with Crippen molar-refractivity contribution in [3.8, 4) is 0 Å². The molecule has 0 amide bonds. The first-order valence-electron chi connectivity index (χ1n) is 5.48. The summed E-state index contributed by atoms with van der Waals surface area (Å²) < 4.78 is 16.7. The van der Waals surface area contributed by atoms with Gasteiger partial charge in [0, 0.05) is 34.2 Å². The number of hydrogen-bond donors (Lipinski definition) is 1. The third-order valence-corrected chi connectivity index (χ3v) is 3.85. The molecule has 0 spiro atoms. The summed E-state index contributed by atoms with van der Waals surface area (Å²) in [6.07, 6.45) is 3.00. The molecule has 1 aliphatic heterocycles. The van der Waals surface area contributed by atoms with Crippen LogP contribution in [0.2, 0.25) is 0 Å². The SMILES string of the molecule is CC1OCCC1Nc1ccc(S(C)=O)cc1. The van der Waals surface area contributed by atoms with Crippen LogP contribution in [0.3, 0.4) is 0 Å². The van der Waals surface area contributed by atoms with Gasteiger partial charge >= 0.3 is 0 Å². The van der Waals surface area contributed by atoms with Crippen LogP contribution in [0, 0.1) is 0 Å². The van der Waals surface area contributed by atoms with Crippen LogP contribution in [0.1, 0.15) is 13.3 Å². The molecule has 3 unspecified atom stereocenters. The van der Waals surface area contributed by atoms with Crippen molar-refractivity contribution < 1.29 is 8.95 Å². The molecule has 0 saturated carbocycles. The number of ether oxygens (including phenoxy) is 1. The first kappa shape index (κ1) is 11.6. The first-order chi connectivity index (χ1) is 7.66. The number of nitrogens with one attached hydrogen (secondary N) is 1. The molecule has 3 atom stereocenters. The van der Waals surface area contributed by atoms with E-state index in [0.717, 1.165) is 23.6 Å². The largest absolute Gasteiger partial charge is 0.380 e. The van der Waals surface area contributed by atoms with Crippen LogP contribution < -0.4 is 5.32 Å². The van der Waals surface area contributed by atoms with Crippen LogP contribution in [-0.4, -0.2) is 29.2 Å². The molecule has 0 bridgehead atoms. The minimum atomic E-state index is -0.901. The van der Waals surface area contributed by atoms with E-state index in [1.54, 1.807) is 6.26 Å². The Morgan fingerprint density at radius 3 is 2.56 bits per heavy atom. The molecule has 1 fully saturated rings. The van der Waals surface area contributed by atoms with Gasteiger partial charge in [-0.15, -0.1) is 0 Å². The monoisotopic (exact) mass is 239 g/mol. The fourth-order valence-corrected chi connectivity index (χ4v) is 2.40. The topological polar surface area (TPSA) is 38.3 Å². The molecule has 88 valence electrons. The maximum absolute atomic E-state index is 11.2. The Morgan fingerprint density at radius 1 is 1.38 bits per heavy atom. The van der Waals surface area contributed by atoms with Gasteiger partial charge in [-0.2, -0.15) is 0 Å². The van der Waals surface area contributed by atoms with Crippen LogP contribution >= 0.6 is 0 Å². The third kappa shape index (κ3) is 2.62. The molecule has 16 heavy (non-hydrogen) atoms. The lowest BCUT2D eigenvalue weighted by Gasteiger charge is -2.17. The van der Waals surface area contributed by atoms with Crippen molar-refractivity contribution >= 4 is 16.5 Å². The van der Waals surface area contributed by atoms with Crippen LogP contribution in [0.5, 0.6) is 0 Å². The lowest BCUT2D eigenvalue weighted by molar-refractivity contribution is 0.121. The van der Waals surface area contributed by atoms with E-state index in [2.05, 4.69) is 12.2 Å². The lowest BCUT2D eigenvalue weighted by Crippen LogP contribution is -2.26. The fourth-order valence-electron chi connectivity index (χ4n) is 1.88. The van der Waals surface area contributed by atoms with Crippen LogP contribution in [0.15, 0.2) is 29.2 Å². The highest BCUT2D eigenvalue weighted by atomic mass is 32.2. The molecule has 0 aromatic heterocycles. The molecular formula is C12H17NO2S. The van der Waals surface area contributed by atoms with Crippen LogP contribution in [0.4, 0.5) is 5.69 Å². The summed E-state index contributed by atoms with van der Waals surface area (Å²) in [5, 5.41) is 3.43. The summed E-state index contributed by atoms with van der Waals surface area (Å²) in [6, 6.07) is 8.14. The van der Waals surface area contributed by atoms with Crippen molar-refractivity contribution in [1.82, 2.24) is 0 Å². The van der Waals surface area contributed by atoms with E-state index in [-0.39, 0.29) is 6.10 Å². The van der Waals surface area contributed by atoms with E-state index in [1.807, 2.05) is 24.3 Å². The highest BCUT2D eigenvalue weighted by molar-refractivity contribution is 7.84. The lowest BCUT2D eigenvalue weighted by atomic mass is 10.1. The summed E-state index contributed by atoms with van der Waals surface area (Å²) in [6.45, 7) is 2.91. The van der Waals surface area contributed by atoms with Gasteiger partial charge < -0.3 is 10.1 Å². The van der Waals surface area contributed by atoms with Gasteiger partial charge in [-0.1, -0.05) is 0 Å². The second-order valence-electron chi connectivity index (χ2n) is 4.09. The normalized spacial score (nSPS) is 26.6. The Morgan fingerprint density at radius 2 is 2.06 bits per heavy atom. The summed E-state index contributed by atoms with van der Waals surface area (Å²) in [7, 11) is -0.901. The van der Waals surface area contributed by atoms with E-state index in [1.165, 1.54) is 0 Å². The van der Waals surface area contributed by atoms with E-state index in [4.69, 9.17) is 4.74 Å². The molecule has 1 aromatic rings. The Balaban J connectivity index is 2.02. The zero-order valence-electron chi connectivity index (χ0n) is 9.60. The second kappa shape index (κ2) is 4.97. The quantitative estimate of drug-likeness (QED) is 0.877. The van der Waals surface area contributed by atoms with E-state index in [0.29, 0.717) is 6.04 Å². The number of benzene rings is 1. The predicted octanol–water partition coefficient (Wildman–Crippen LogP) is 2.01. The highest BCUT2D eigenvalue weighted by Crippen LogP contribution is 2.19. The van der Waals surface area contributed by atoms with Gasteiger partial charge in [0.15, 0.2) is 0 Å². The average molecular weight is 239 g/mol. The zero-order chi connectivity index (χ0) is 11.5. The number of hydrogen-bond acceptors (Lipinski definition) is 3. The Labute approximate surface area is 98.7 Å². The van der Waals surface area contributed by atoms with E-state index < -0.39 is 10.8 Å². The summed E-state index contributed by atoms with van der Waals surface area (Å²) >= 11 is 0. The Bertz CT molecular complexity index is 377. The third-order valence-electron chi connectivity index (χ3n) is 2.91. The molecular weight excluding hydrogens is 222 g/mol. The van der Waals surface area contributed by atoms with Crippen molar-refractivity contribution in [2.75, 3.05) is 18.2 Å². The minimum Gasteiger partial charge on any atom is -0.380 e. The average Bonchev–Trinajstić information content (AvgIpc) is 2.65. The van der Waals surface area contributed by atoms with Gasteiger partial charge in [0.2, 0.25) is 0 Å². The molecule has 4 heteroatoms. The molecule has 0 aliphatic carbocycles. The smallest absolute Gasteiger partial charge is 0.0748 e. The van der Waals surface area contributed by atoms with Crippen LogP contribution in [0.25, 0.3) is 0 Å². The van der Waals surface area contributed by atoms with Gasteiger partial charge in [0.05, 0.1) is 12.1 Å². The van der Waals surface area contributed by atoms with Gasteiger partial charge in [-0.25, -0.2) is 0 Å². The van der Waals surface area contributed by atoms with Gasteiger partial charge in [-0.3, -0.25) is 4.21 Å². The molecule has 1 aromatic carbocycles. The van der Waals surface area contributed by atoms with Gasteiger partial charge in [0.25, 0.3) is 0 Å².